The van der Waals surface area contributed by atoms with Gasteiger partial charge in [-0.1, -0.05) is 0 Å². The third-order valence-electron chi connectivity index (χ3n) is 5.54. The average molecular weight is 467 g/mol. The van der Waals surface area contributed by atoms with Gasteiger partial charge in [-0.15, -0.1) is 6.42 Å². The lowest BCUT2D eigenvalue weighted by Crippen LogP contribution is -2.36. The highest BCUT2D eigenvalue weighted by Gasteiger charge is 2.15. The van der Waals surface area contributed by atoms with Crippen molar-refractivity contribution in [2.45, 2.75) is 0 Å². The van der Waals surface area contributed by atoms with Gasteiger partial charge < -0.3 is 26.0 Å². The summed E-state index contributed by atoms with van der Waals surface area (Å²) in [5.74, 6) is 2.11. The van der Waals surface area contributed by atoms with Crippen LogP contribution < -0.4 is 21.3 Å². The number of amides is 1. The van der Waals surface area contributed by atoms with Crippen LogP contribution in [0.3, 0.4) is 0 Å². The number of rotatable bonds is 5. The van der Waals surface area contributed by atoms with Crippen LogP contribution in [0.2, 0.25) is 0 Å². The third kappa shape index (κ3) is 4.80. The quantitative estimate of drug-likeness (QED) is 0.380. The van der Waals surface area contributed by atoms with Crippen LogP contribution in [0.5, 0.6) is 0 Å². The highest BCUT2D eigenvalue weighted by atomic mass is 16.5. The van der Waals surface area contributed by atoms with Crippen LogP contribution in [0.4, 0.5) is 28.8 Å². The van der Waals surface area contributed by atoms with Crippen LogP contribution in [0, 0.1) is 12.3 Å². The summed E-state index contributed by atoms with van der Waals surface area (Å²) in [6.07, 6.45) is 8.32. The van der Waals surface area contributed by atoms with E-state index in [0.29, 0.717) is 39.7 Å². The maximum atomic E-state index is 11.6. The van der Waals surface area contributed by atoms with Gasteiger partial charge in [0.2, 0.25) is 5.95 Å². The minimum atomic E-state index is -0.550. The molecule has 0 aliphatic carbocycles. The minimum Gasteiger partial charge on any atom is -0.383 e. The fourth-order valence-electron chi connectivity index (χ4n) is 3.83. The number of nitrogens with zero attached hydrogens (tertiary/aromatic N) is 5. The highest BCUT2D eigenvalue weighted by Crippen LogP contribution is 2.29. The number of nitrogens with one attached hydrogen (secondary N) is 2. The van der Waals surface area contributed by atoms with Gasteiger partial charge in [0.05, 0.1) is 18.9 Å². The van der Waals surface area contributed by atoms with Gasteiger partial charge in [0.1, 0.15) is 17.0 Å². The summed E-state index contributed by atoms with van der Waals surface area (Å²) in [5, 5.41) is 6.47. The lowest BCUT2D eigenvalue weighted by atomic mass is 10.1. The van der Waals surface area contributed by atoms with Crippen molar-refractivity contribution in [3.63, 3.8) is 0 Å². The Morgan fingerprint density at radius 1 is 1.03 bits per heavy atom. The summed E-state index contributed by atoms with van der Waals surface area (Å²) in [4.78, 5) is 31.8. The zero-order valence-corrected chi connectivity index (χ0v) is 18.7. The predicted octanol–water partition coefficient (Wildman–Crippen LogP) is 2.82. The molecule has 0 radical (unpaired) electrons. The average Bonchev–Trinajstić information content (AvgIpc) is 2.89. The molecule has 1 aliphatic rings. The van der Waals surface area contributed by atoms with Gasteiger partial charge >= 0.3 is 0 Å². The van der Waals surface area contributed by atoms with Crippen molar-refractivity contribution in [2.24, 2.45) is 0 Å². The van der Waals surface area contributed by atoms with Crippen LogP contribution in [0.25, 0.3) is 22.3 Å². The first kappa shape index (κ1) is 22.1. The molecule has 174 valence electrons. The zero-order valence-electron chi connectivity index (χ0n) is 18.7. The van der Waals surface area contributed by atoms with Crippen molar-refractivity contribution >= 4 is 45.6 Å². The lowest BCUT2D eigenvalue weighted by Gasteiger charge is -2.28. The zero-order chi connectivity index (χ0) is 24.2. The van der Waals surface area contributed by atoms with Crippen LogP contribution in [0.15, 0.2) is 54.9 Å². The van der Waals surface area contributed by atoms with Crippen LogP contribution in [-0.4, -0.2) is 52.1 Å². The fraction of sp³-hybridized carbons (Fsp3) is 0.160. The summed E-state index contributed by atoms with van der Waals surface area (Å²) >= 11 is 0. The normalized spacial score (nSPS) is 13.3. The number of aromatic nitrogens is 4. The van der Waals surface area contributed by atoms with E-state index in [2.05, 4.69) is 35.5 Å². The summed E-state index contributed by atoms with van der Waals surface area (Å²) in [7, 11) is 0. The Kier molecular flexibility index (Phi) is 6.07. The maximum Gasteiger partial charge on any atom is 0.300 e. The monoisotopic (exact) mass is 466 g/mol. The molecule has 0 spiro atoms. The van der Waals surface area contributed by atoms with Gasteiger partial charge in [-0.05, 0) is 48.4 Å². The number of carbonyl (C=O) groups is 1. The number of anilines is 5. The Morgan fingerprint density at radius 3 is 2.57 bits per heavy atom. The summed E-state index contributed by atoms with van der Waals surface area (Å²) in [6, 6.07) is 13.1. The van der Waals surface area contributed by atoms with E-state index in [0.717, 1.165) is 37.7 Å². The number of hydrogen-bond donors (Lipinski definition) is 3. The molecule has 5 rings (SSSR count). The molecule has 10 nitrogen and oxygen atoms in total. The molecule has 1 aliphatic heterocycles. The number of carbonyl (C=O) groups excluding carboxylic acids is 1. The lowest BCUT2D eigenvalue weighted by molar-refractivity contribution is -0.111. The van der Waals surface area contributed by atoms with Crippen molar-refractivity contribution < 1.29 is 9.53 Å². The Morgan fingerprint density at radius 2 is 1.80 bits per heavy atom. The van der Waals surface area contributed by atoms with E-state index in [1.165, 1.54) is 0 Å². The predicted molar refractivity (Wildman–Crippen MR) is 135 cm³/mol. The molecule has 10 heteroatoms. The third-order valence-corrected chi connectivity index (χ3v) is 5.54. The van der Waals surface area contributed by atoms with Crippen LogP contribution >= 0.6 is 0 Å². The van der Waals surface area contributed by atoms with Crippen molar-refractivity contribution in [1.82, 2.24) is 19.9 Å². The second-order valence-electron chi connectivity index (χ2n) is 7.79. The van der Waals surface area contributed by atoms with E-state index in [9.17, 15) is 4.79 Å². The topological polar surface area (TPSA) is 131 Å². The number of hydrogen-bond acceptors (Lipinski definition) is 9. The number of nitrogen functional groups attached to an aromatic ring is 1. The van der Waals surface area contributed by atoms with E-state index in [4.69, 9.17) is 16.9 Å². The van der Waals surface area contributed by atoms with E-state index < -0.39 is 5.91 Å². The number of terminal acetylenes is 1. The van der Waals surface area contributed by atoms with E-state index in [1.807, 2.05) is 30.2 Å². The standard InChI is InChI=1S/C25H22N8O2/c1-2-21(34)29-17-7-9-27-20(15-17)23-22-19(8-10-28-23)24(26)32-25(31-22)30-16-3-5-18(6-4-16)33-11-13-35-14-12-33/h1,3-10,15H,11-14H2,(H,27,29,34)(H3,26,30,31,32). The van der Waals surface area contributed by atoms with Crippen LogP contribution in [-0.2, 0) is 9.53 Å². The Labute approximate surface area is 201 Å². The first-order valence-corrected chi connectivity index (χ1v) is 11.0. The van der Waals surface area contributed by atoms with Crippen molar-refractivity contribution in [1.29, 1.82) is 0 Å². The van der Waals surface area contributed by atoms with Gasteiger partial charge in [-0.25, -0.2) is 4.98 Å². The Bertz CT molecular complexity index is 1430. The SMILES string of the molecule is C#CC(=O)Nc1ccnc(-c2nccc3c(N)nc(Nc4ccc(N5CCOCC5)cc4)nc23)c1. The molecule has 0 bridgehead atoms. The largest absolute Gasteiger partial charge is 0.383 e. The first-order chi connectivity index (χ1) is 17.1. The molecule has 0 saturated carbocycles. The molecule has 4 heterocycles. The fourth-order valence-corrected chi connectivity index (χ4v) is 3.83. The minimum absolute atomic E-state index is 0.308. The smallest absolute Gasteiger partial charge is 0.300 e. The molecule has 4 N–H and O–H groups in total. The molecule has 35 heavy (non-hydrogen) atoms. The number of ether oxygens (including phenoxy) is 1. The van der Waals surface area contributed by atoms with E-state index >= 15 is 0 Å². The van der Waals surface area contributed by atoms with E-state index in [1.54, 1.807) is 30.6 Å². The molecule has 1 fully saturated rings. The Hall–Kier alpha value is -4.75. The highest BCUT2D eigenvalue weighted by molar-refractivity contribution is 6.04. The molecule has 0 unspecified atom stereocenters. The number of pyridine rings is 2. The van der Waals surface area contributed by atoms with Gasteiger partial charge in [0.25, 0.3) is 5.91 Å². The van der Waals surface area contributed by atoms with Gasteiger partial charge in [0.15, 0.2) is 0 Å². The van der Waals surface area contributed by atoms with Crippen molar-refractivity contribution in [3.05, 3.63) is 54.9 Å². The molecular formula is C25H22N8O2. The molecule has 1 aromatic carbocycles. The number of morpholine rings is 1. The van der Waals surface area contributed by atoms with Crippen molar-refractivity contribution in [2.75, 3.05) is 47.6 Å². The summed E-state index contributed by atoms with van der Waals surface area (Å²) in [5.41, 5.74) is 10.2. The van der Waals surface area contributed by atoms with E-state index in [-0.39, 0.29) is 0 Å². The maximum absolute atomic E-state index is 11.6. The molecule has 1 amide bonds. The first-order valence-electron chi connectivity index (χ1n) is 11.0. The molecule has 3 aromatic heterocycles. The second-order valence-corrected chi connectivity index (χ2v) is 7.79. The Balaban J connectivity index is 1.45. The summed E-state index contributed by atoms with van der Waals surface area (Å²) < 4.78 is 5.42. The van der Waals surface area contributed by atoms with Crippen molar-refractivity contribution in [3.8, 4) is 23.7 Å². The van der Waals surface area contributed by atoms with Gasteiger partial charge in [-0.3, -0.25) is 14.8 Å². The summed E-state index contributed by atoms with van der Waals surface area (Å²) in [6.45, 7) is 3.20. The molecule has 1 saturated heterocycles. The number of benzene rings is 1. The number of nitrogens with two attached hydrogens (primary N) is 1. The number of fused-ring (bicyclic) bond motifs is 1. The second kappa shape index (κ2) is 9.62. The van der Waals surface area contributed by atoms with Gasteiger partial charge in [-0.2, -0.15) is 4.98 Å². The molecule has 0 atom stereocenters. The van der Waals surface area contributed by atoms with Crippen LogP contribution in [0.1, 0.15) is 0 Å². The van der Waals surface area contributed by atoms with Gasteiger partial charge in [0, 0.05) is 47.9 Å². The molecular weight excluding hydrogens is 444 g/mol. The molecule has 4 aromatic rings.